The van der Waals surface area contributed by atoms with E-state index in [0.29, 0.717) is 5.56 Å². The average molecular weight is 256 g/mol. The number of carbonyl (C=O) groups is 1. The first-order valence-electron chi connectivity index (χ1n) is 6.05. The van der Waals surface area contributed by atoms with E-state index in [4.69, 9.17) is 5.11 Å². The summed E-state index contributed by atoms with van der Waals surface area (Å²) in [6.07, 6.45) is 0. The van der Waals surface area contributed by atoms with Crippen LogP contribution in [0.2, 0.25) is 0 Å². The second-order valence-corrected chi connectivity index (χ2v) is 4.37. The fourth-order valence-corrected chi connectivity index (χ4v) is 1.97. The summed E-state index contributed by atoms with van der Waals surface area (Å²) < 4.78 is 4.66. The smallest absolute Gasteiger partial charge is 0.337 e. The van der Waals surface area contributed by atoms with Crippen molar-refractivity contribution in [3.63, 3.8) is 0 Å². The first kappa shape index (κ1) is 13.3. The molecule has 0 fully saturated rings. The van der Waals surface area contributed by atoms with Gasteiger partial charge in [-0.25, -0.2) is 4.79 Å². The molecule has 0 aliphatic carbocycles. The molecule has 3 heteroatoms. The molecule has 98 valence electrons. The van der Waals surface area contributed by atoms with Crippen LogP contribution in [0.3, 0.4) is 0 Å². The van der Waals surface area contributed by atoms with Crippen molar-refractivity contribution in [3.8, 4) is 11.1 Å². The van der Waals surface area contributed by atoms with Crippen LogP contribution in [0.5, 0.6) is 0 Å². The molecule has 0 atom stereocenters. The summed E-state index contributed by atoms with van der Waals surface area (Å²) in [5.74, 6) is -0.335. The van der Waals surface area contributed by atoms with Crippen LogP contribution < -0.4 is 0 Å². The van der Waals surface area contributed by atoms with Gasteiger partial charge in [0.2, 0.25) is 0 Å². The number of aryl methyl sites for hydroxylation is 1. The zero-order valence-electron chi connectivity index (χ0n) is 11.0. The summed E-state index contributed by atoms with van der Waals surface area (Å²) in [5, 5.41) is 9.15. The van der Waals surface area contributed by atoms with Gasteiger partial charge in [0.1, 0.15) is 0 Å². The number of hydrogen-bond acceptors (Lipinski definition) is 3. The number of esters is 1. The lowest BCUT2D eigenvalue weighted by Gasteiger charge is -2.07. The van der Waals surface area contributed by atoms with Crippen LogP contribution in [0.4, 0.5) is 0 Å². The molecule has 0 radical (unpaired) electrons. The zero-order valence-corrected chi connectivity index (χ0v) is 11.0. The van der Waals surface area contributed by atoms with E-state index >= 15 is 0 Å². The first-order chi connectivity index (χ1) is 9.15. The van der Waals surface area contributed by atoms with E-state index < -0.39 is 0 Å². The minimum absolute atomic E-state index is 0.0490. The number of aliphatic hydroxyl groups is 1. The molecule has 0 spiro atoms. The number of hydrogen-bond donors (Lipinski definition) is 1. The summed E-state index contributed by atoms with van der Waals surface area (Å²) in [5.41, 5.74) is 4.60. The molecule has 0 heterocycles. The third kappa shape index (κ3) is 2.83. The largest absolute Gasteiger partial charge is 0.465 e. The predicted octanol–water partition coefficient (Wildman–Crippen LogP) is 2.94. The molecule has 19 heavy (non-hydrogen) atoms. The topological polar surface area (TPSA) is 46.5 Å². The highest BCUT2D eigenvalue weighted by atomic mass is 16.5. The number of ether oxygens (including phenoxy) is 1. The molecule has 0 aliphatic heterocycles. The van der Waals surface area contributed by atoms with Crippen LogP contribution in [0.15, 0.2) is 42.5 Å². The van der Waals surface area contributed by atoms with Crippen molar-refractivity contribution in [2.45, 2.75) is 13.5 Å². The number of benzene rings is 2. The van der Waals surface area contributed by atoms with Gasteiger partial charge < -0.3 is 9.84 Å². The molecule has 0 bridgehead atoms. The Kier molecular flexibility index (Phi) is 3.97. The fraction of sp³-hybridized carbons (Fsp3) is 0.188. The standard InChI is InChI=1S/C16H16O3/c1-11-9-14(7-8-15(11)10-17)12-3-5-13(6-4-12)16(18)19-2/h3-9,17H,10H2,1-2H3. The van der Waals surface area contributed by atoms with E-state index in [1.165, 1.54) is 7.11 Å². The fourth-order valence-electron chi connectivity index (χ4n) is 1.97. The van der Waals surface area contributed by atoms with Gasteiger partial charge in [0.15, 0.2) is 0 Å². The maximum absolute atomic E-state index is 11.3. The molecule has 3 nitrogen and oxygen atoms in total. The van der Waals surface area contributed by atoms with E-state index in [-0.39, 0.29) is 12.6 Å². The van der Waals surface area contributed by atoms with Crippen LogP contribution in [0, 0.1) is 6.92 Å². The van der Waals surface area contributed by atoms with E-state index in [9.17, 15) is 4.79 Å². The third-order valence-electron chi connectivity index (χ3n) is 3.15. The van der Waals surface area contributed by atoms with Gasteiger partial charge in [-0.2, -0.15) is 0 Å². The van der Waals surface area contributed by atoms with Crippen molar-refractivity contribution in [1.82, 2.24) is 0 Å². The van der Waals surface area contributed by atoms with Gasteiger partial charge >= 0.3 is 5.97 Å². The summed E-state index contributed by atoms with van der Waals surface area (Å²) in [6, 6.07) is 13.2. The number of rotatable bonds is 3. The van der Waals surface area contributed by atoms with Crippen LogP contribution in [0.1, 0.15) is 21.5 Å². The summed E-state index contributed by atoms with van der Waals surface area (Å²) in [4.78, 5) is 11.3. The van der Waals surface area contributed by atoms with Crippen molar-refractivity contribution in [1.29, 1.82) is 0 Å². The Balaban J connectivity index is 2.32. The summed E-state index contributed by atoms with van der Waals surface area (Å²) in [6.45, 7) is 2.02. The maximum atomic E-state index is 11.3. The number of carbonyl (C=O) groups excluding carboxylic acids is 1. The summed E-state index contributed by atoms with van der Waals surface area (Å²) in [7, 11) is 1.37. The second kappa shape index (κ2) is 5.67. The average Bonchev–Trinajstić information content (AvgIpc) is 2.46. The lowest BCUT2D eigenvalue weighted by atomic mass is 9.99. The van der Waals surface area contributed by atoms with Gasteiger partial charge in [-0.3, -0.25) is 0 Å². The quantitative estimate of drug-likeness (QED) is 0.859. The Morgan fingerprint density at radius 1 is 1.11 bits per heavy atom. The third-order valence-corrected chi connectivity index (χ3v) is 3.15. The Hall–Kier alpha value is -2.13. The van der Waals surface area contributed by atoms with Crippen LogP contribution in [-0.2, 0) is 11.3 Å². The van der Waals surface area contributed by atoms with Crippen molar-refractivity contribution < 1.29 is 14.6 Å². The highest BCUT2D eigenvalue weighted by Gasteiger charge is 2.06. The Morgan fingerprint density at radius 3 is 2.26 bits per heavy atom. The van der Waals surface area contributed by atoms with Gasteiger partial charge in [-0.05, 0) is 41.3 Å². The van der Waals surface area contributed by atoms with Gasteiger partial charge in [0.05, 0.1) is 19.3 Å². The van der Waals surface area contributed by atoms with Crippen LogP contribution in [0.25, 0.3) is 11.1 Å². The van der Waals surface area contributed by atoms with E-state index in [2.05, 4.69) is 4.74 Å². The van der Waals surface area contributed by atoms with Gasteiger partial charge in [-0.15, -0.1) is 0 Å². The number of aliphatic hydroxyl groups excluding tert-OH is 1. The van der Waals surface area contributed by atoms with Gasteiger partial charge in [-0.1, -0.05) is 30.3 Å². The molecular weight excluding hydrogens is 240 g/mol. The monoisotopic (exact) mass is 256 g/mol. The lowest BCUT2D eigenvalue weighted by Crippen LogP contribution is -2.00. The van der Waals surface area contributed by atoms with Crippen molar-refractivity contribution in [2.24, 2.45) is 0 Å². The molecule has 0 unspecified atom stereocenters. The molecule has 0 saturated carbocycles. The maximum Gasteiger partial charge on any atom is 0.337 e. The van der Waals surface area contributed by atoms with Crippen molar-refractivity contribution >= 4 is 5.97 Å². The minimum atomic E-state index is -0.335. The lowest BCUT2D eigenvalue weighted by molar-refractivity contribution is 0.0601. The van der Waals surface area contributed by atoms with Crippen molar-refractivity contribution in [2.75, 3.05) is 7.11 Å². The SMILES string of the molecule is COC(=O)c1ccc(-c2ccc(CO)c(C)c2)cc1. The van der Waals surface area contributed by atoms with Crippen LogP contribution in [-0.4, -0.2) is 18.2 Å². The molecule has 0 amide bonds. The Morgan fingerprint density at radius 2 is 1.74 bits per heavy atom. The molecule has 2 aromatic rings. The van der Waals surface area contributed by atoms with E-state index in [1.807, 2.05) is 37.3 Å². The number of methoxy groups -OCH3 is 1. The van der Waals surface area contributed by atoms with Crippen LogP contribution >= 0.6 is 0 Å². The summed E-state index contributed by atoms with van der Waals surface area (Å²) >= 11 is 0. The highest BCUT2D eigenvalue weighted by Crippen LogP contribution is 2.23. The molecule has 1 N–H and O–H groups in total. The minimum Gasteiger partial charge on any atom is -0.465 e. The first-order valence-corrected chi connectivity index (χ1v) is 6.05. The van der Waals surface area contributed by atoms with Gasteiger partial charge in [0.25, 0.3) is 0 Å². The Bertz CT molecular complexity index is 585. The molecule has 2 rings (SSSR count). The normalized spacial score (nSPS) is 10.3. The zero-order chi connectivity index (χ0) is 13.8. The Labute approximate surface area is 112 Å². The highest BCUT2D eigenvalue weighted by molar-refractivity contribution is 5.89. The van der Waals surface area contributed by atoms with Crippen molar-refractivity contribution in [3.05, 3.63) is 59.2 Å². The van der Waals surface area contributed by atoms with E-state index in [1.54, 1.807) is 12.1 Å². The molecule has 0 aliphatic rings. The molecule has 0 saturated heterocycles. The molecular formula is C16H16O3. The predicted molar refractivity (Wildman–Crippen MR) is 73.9 cm³/mol. The molecule has 2 aromatic carbocycles. The van der Waals surface area contributed by atoms with E-state index in [0.717, 1.165) is 22.3 Å². The van der Waals surface area contributed by atoms with Gasteiger partial charge in [0, 0.05) is 0 Å². The second-order valence-electron chi connectivity index (χ2n) is 4.37. The molecule has 0 aromatic heterocycles.